The molecule has 1 aromatic rings. The van der Waals surface area contributed by atoms with E-state index in [1.807, 2.05) is 12.1 Å². The predicted molar refractivity (Wildman–Crippen MR) is 65.8 cm³/mol. The average molecular weight is 255 g/mol. The predicted octanol–water partition coefficient (Wildman–Crippen LogP) is 1.65. The van der Waals surface area contributed by atoms with Gasteiger partial charge in [-0.3, -0.25) is 0 Å². The third kappa shape index (κ3) is 2.45. The van der Waals surface area contributed by atoms with E-state index < -0.39 is 10.0 Å². The van der Waals surface area contributed by atoms with Gasteiger partial charge in [0.05, 0.1) is 0 Å². The highest BCUT2D eigenvalue weighted by molar-refractivity contribution is 7.89. The maximum atomic E-state index is 11.9. The lowest BCUT2D eigenvalue weighted by molar-refractivity contribution is 0.320. The van der Waals surface area contributed by atoms with E-state index in [-0.39, 0.29) is 10.3 Å². The first-order chi connectivity index (χ1) is 7.81. The zero-order valence-corrected chi connectivity index (χ0v) is 11.1. The number of fused-ring (bicyclic) bond motifs is 1. The summed E-state index contributed by atoms with van der Waals surface area (Å²) in [5.74, 6) is 0.447. The second kappa shape index (κ2) is 3.99. The molecule has 0 spiro atoms. The van der Waals surface area contributed by atoms with E-state index >= 15 is 0 Å². The van der Waals surface area contributed by atoms with Gasteiger partial charge in [0.2, 0.25) is 10.0 Å². The third-order valence-corrected chi connectivity index (χ3v) is 4.25. The zero-order valence-electron chi connectivity index (χ0n) is 10.3. The zero-order chi connectivity index (χ0) is 12.7. The molecule has 0 aromatic heterocycles. The van der Waals surface area contributed by atoms with Crippen LogP contribution in [0.4, 0.5) is 0 Å². The van der Waals surface area contributed by atoms with Crippen LogP contribution in [0.5, 0.6) is 5.75 Å². The van der Waals surface area contributed by atoms with E-state index in [0.717, 1.165) is 5.56 Å². The van der Waals surface area contributed by atoms with Gasteiger partial charge in [-0.2, -0.15) is 0 Å². The Kier molecular flexibility index (Phi) is 2.91. The van der Waals surface area contributed by atoms with Crippen molar-refractivity contribution >= 4 is 10.0 Å². The Morgan fingerprint density at radius 2 is 2.00 bits per heavy atom. The first-order valence-electron chi connectivity index (χ1n) is 5.58. The smallest absolute Gasteiger partial charge is 0.244 e. The van der Waals surface area contributed by atoms with Crippen molar-refractivity contribution < 1.29 is 13.2 Å². The molecule has 0 radical (unpaired) electrons. The number of hydrogen-bond donors (Lipinski definition) is 1. The number of nitrogens with one attached hydrogen (secondary N) is 1. The summed E-state index contributed by atoms with van der Waals surface area (Å²) in [6.45, 7) is 6.91. The van der Waals surface area contributed by atoms with Crippen molar-refractivity contribution in [2.45, 2.75) is 31.1 Å². The normalized spacial score (nSPS) is 19.0. The van der Waals surface area contributed by atoms with Crippen molar-refractivity contribution in [3.8, 4) is 5.75 Å². The fourth-order valence-electron chi connectivity index (χ4n) is 1.72. The van der Waals surface area contributed by atoms with Gasteiger partial charge < -0.3 is 4.74 Å². The van der Waals surface area contributed by atoms with Crippen LogP contribution in [0.2, 0.25) is 0 Å². The van der Waals surface area contributed by atoms with E-state index in [2.05, 4.69) is 25.5 Å². The van der Waals surface area contributed by atoms with Gasteiger partial charge in [0.25, 0.3) is 0 Å². The molecule has 0 fully saturated rings. The summed E-state index contributed by atoms with van der Waals surface area (Å²) < 4.78 is 31.7. The van der Waals surface area contributed by atoms with Gasteiger partial charge in [0.1, 0.15) is 17.3 Å². The molecule has 5 heteroatoms. The maximum Gasteiger partial charge on any atom is 0.244 e. The van der Waals surface area contributed by atoms with Gasteiger partial charge >= 0.3 is 0 Å². The van der Waals surface area contributed by atoms with E-state index in [9.17, 15) is 8.42 Å². The monoisotopic (exact) mass is 255 g/mol. The number of sulfonamides is 1. The highest BCUT2D eigenvalue weighted by atomic mass is 32.2. The standard InChI is InChI=1S/C12H17NO3S/c1-12(2,3)9-4-5-11-10(8-9)16-7-6-13-17(11,14)15/h4-5,8,13H,6-7H2,1-3H3. The topological polar surface area (TPSA) is 55.4 Å². The molecule has 0 bridgehead atoms. The van der Waals surface area contributed by atoms with E-state index in [1.165, 1.54) is 0 Å². The molecule has 94 valence electrons. The molecule has 1 aliphatic heterocycles. The lowest BCUT2D eigenvalue weighted by Crippen LogP contribution is -2.24. The molecule has 1 heterocycles. The van der Waals surface area contributed by atoms with Crippen LogP contribution in [0.1, 0.15) is 26.3 Å². The van der Waals surface area contributed by atoms with Crippen molar-refractivity contribution in [2.24, 2.45) is 0 Å². The summed E-state index contributed by atoms with van der Waals surface area (Å²) in [5, 5.41) is 0. The molecule has 0 amide bonds. The molecule has 0 saturated carbocycles. The molecular weight excluding hydrogens is 238 g/mol. The number of hydrogen-bond acceptors (Lipinski definition) is 3. The van der Waals surface area contributed by atoms with Gasteiger partial charge in [-0.25, -0.2) is 13.1 Å². The second-order valence-corrected chi connectivity index (χ2v) is 6.89. The van der Waals surface area contributed by atoms with Crippen molar-refractivity contribution in [2.75, 3.05) is 13.2 Å². The minimum absolute atomic E-state index is 0.0259. The van der Waals surface area contributed by atoms with Gasteiger partial charge in [-0.1, -0.05) is 26.8 Å². The van der Waals surface area contributed by atoms with Crippen LogP contribution in [0.25, 0.3) is 0 Å². The molecule has 0 aliphatic carbocycles. The van der Waals surface area contributed by atoms with Gasteiger partial charge in [0.15, 0.2) is 0 Å². The third-order valence-electron chi connectivity index (χ3n) is 2.75. The Morgan fingerprint density at radius 3 is 2.65 bits per heavy atom. The molecule has 0 saturated heterocycles. The second-order valence-electron chi connectivity index (χ2n) is 5.16. The van der Waals surface area contributed by atoms with Crippen LogP contribution >= 0.6 is 0 Å². The lowest BCUT2D eigenvalue weighted by Gasteiger charge is -2.20. The van der Waals surface area contributed by atoms with Crippen molar-refractivity contribution in [1.82, 2.24) is 4.72 Å². The summed E-state index contributed by atoms with van der Waals surface area (Å²) in [6, 6.07) is 5.27. The fourth-order valence-corrected chi connectivity index (χ4v) is 2.86. The summed E-state index contributed by atoms with van der Waals surface area (Å²) >= 11 is 0. The van der Waals surface area contributed by atoms with E-state index in [4.69, 9.17) is 4.74 Å². The Labute approximate surface area is 102 Å². The first-order valence-corrected chi connectivity index (χ1v) is 7.06. The highest BCUT2D eigenvalue weighted by Crippen LogP contribution is 2.31. The molecule has 1 N–H and O–H groups in total. The Hall–Kier alpha value is -1.07. The molecule has 0 atom stereocenters. The number of rotatable bonds is 0. The van der Waals surface area contributed by atoms with Crippen LogP contribution in [-0.2, 0) is 15.4 Å². The minimum Gasteiger partial charge on any atom is -0.491 e. The van der Waals surface area contributed by atoms with Gasteiger partial charge in [-0.05, 0) is 23.1 Å². The van der Waals surface area contributed by atoms with Gasteiger partial charge in [0, 0.05) is 6.54 Å². The van der Waals surface area contributed by atoms with Crippen molar-refractivity contribution in [3.05, 3.63) is 23.8 Å². The van der Waals surface area contributed by atoms with Gasteiger partial charge in [-0.15, -0.1) is 0 Å². The largest absolute Gasteiger partial charge is 0.491 e. The quantitative estimate of drug-likeness (QED) is 0.767. The minimum atomic E-state index is -3.42. The summed E-state index contributed by atoms with van der Waals surface area (Å²) in [7, 11) is -3.42. The summed E-state index contributed by atoms with van der Waals surface area (Å²) in [5.41, 5.74) is 1.04. The van der Waals surface area contributed by atoms with Crippen LogP contribution in [0.15, 0.2) is 23.1 Å². The number of ether oxygens (including phenoxy) is 1. The average Bonchev–Trinajstić information content (AvgIpc) is 2.36. The Balaban J connectivity index is 2.57. The van der Waals surface area contributed by atoms with Crippen molar-refractivity contribution in [3.63, 3.8) is 0 Å². The van der Waals surface area contributed by atoms with Crippen LogP contribution in [-0.4, -0.2) is 21.6 Å². The SMILES string of the molecule is CC(C)(C)c1ccc2c(c1)OCCNS2(=O)=O. The van der Waals surface area contributed by atoms with Crippen LogP contribution in [0, 0.1) is 0 Å². The molecular formula is C12H17NO3S. The van der Waals surface area contributed by atoms with E-state index in [1.54, 1.807) is 6.07 Å². The molecule has 1 aliphatic rings. The molecule has 17 heavy (non-hydrogen) atoms. The first kappa shape index (κ1) is 12.4. The van der Waals surface area contributed by atoms with Crippen LogP contribution < -0.4 is 9.46 Å². The fraction of sp³-hybridized carbons (Fsp3) is 0.500. The molecule has 0 unspecified atom stereocenters. The summed E-state index contributed by atoms with van der Waals surface area (Å²) in [6.07, 6.45) is 0. The Bertz CT molecular complexity index is 529. The summed E-state index contributed by atoms with van der Waals surface area (Å²) in [4.78, 5) is 0.225. The number of benzene rings is 1. The molecule has 4 nitrogen and oxygen atoms in total. The van der Waals surface area contributed by atoms with Crippen LogP contribution in [0.3, 0.4) is 0 Å². The Morgan fingerprint density at radius 1 is 1.29 bits per heavy atom. The molecule has 2 rings (SSSR count). The van der Waals surface area contributed by atoms with E-state index in [0.29, 0.717) is 18.9 Å². The lowest BCUT2D eigenvalue weighted by atomic mass is 9.87. The highest BCUT2D eigenvalue weighted by Gasteiger charge is 2.24. The molecule has 1 aromatic carbocycles. The maximum absolute atomic E-state index is 11.9. The van der Waals surface area contributed by atoms with Crippen molar-refractivity contribution in [1.29, 1.82) is 0 Å².